The number of methoxy groups -OCH3 is 1. The highest BCUT2D eigenvalue weighted by molar-refractivity contribution is 7.24. The number of rotatable bonds is 4. The lowest BCUT2D eigenvalue weighted by atomic mass is 10.0. The molecular weight excluding hydrogens is 422 g/mol. The molecule has 0 bridgehead atoms. The second-order valence-electron chi connectivity index (χ2n) is 6.79. The van der Waals surface area contributed by atoms with Crippen LogP contribution in [0.25, 0.3) is 20.9 Å². The van der Waals surface area contributed by atoms with E-state index in [4.69, 9.17) is 16.3 Å². The third-order valence-corrected chi connectivity index (χ3v) is 6.72. The summed E-state index contributed by atoms with van der Waals surface area (Å²) in [5, 5.41) is 13.2. The molecule has 5 nitrogen and oxygen atoms in total. The van der Waals surface area contributed by atoms with Crippen LogP contribution in [0.2, 0.25) is 5.02 Å². The van der Waals surface area contributed by atoms with E-state index < -0.39 is 5.97 Å². The predicted molar refractivity (Wildman–Crippen MR) is 121 cm³/mol. The van der Waals surface area contributed by atoms with Gasteiger partial charge in [-0.25, -0.2) is 4.79 Å². The zero-order valence-electron chi connectivity index (χ0n) is 16.3. The number of esters is 1. The van der Waals surface area contributed by atoms with Gasteiger partial charge >= 0.3 is 5.97 Å². The molecular formula is C23H18ClNO4S. The fourth-order valence-electron chi connectivity index (χ4n) is 3.52. The summed E-state index contributed by atoms with van der Waals surface area (Å²) >= 11 is 7.47. The van der Waals surface area contributed by atoms with Crippen LogP contribution in [0, 0.1) is 0 Å². The van der Waals surface area contributed by atoms with Crippen LogP contribution < -0.4 is 4.90 Å². The lowest BCUT2D eigenvalue weighted by Gasteiger charge is -2.21. The minimum Gasteiger partial charge on any atom is -0.506 e. The maximum absolute atomic E-state index is 12.7. The standard InChI is InChI=1S/C23H18ClNO4S/c1-13(26)25(12-15-8-5-7-14-6-3-4-9-16(14)15)22-19(23(28)29-2)17-10-11-18(27)20(24)21(17)30-22/h3-11,27H,12H2,1-2H3. The molecule has 4 aromatic rings. The number of carbonyl (C=O) groups is 2. The van der Waals surface area contributed by atoms with Gasteiger partial charge in [0.25, 0.3) is 0 Å². The highest BCUT2D eigenvalue weighted by Crippen LogP contribution is 2.45. The van der Waals surface area contributed by atoms with Crippen LogP contribution in [0.5, 0.6) is 5.75 Å². The number of hydrogen-bond donors (Lipinski definition) is 1. The van der Waals surface area contributed by atoms with Gasteiger partial charge in [-0.2, -0.15) is 0 Å². The number of amides is 1. The Hall–Kier alpha value is -3.09. The SMILES string of the molecule is COC(=O)c1c(N(Cc2cccc3ccccc23)C(C)=O)sc2c(Cl)c(O)ccc12. The van der Waals surface area contributed by atoms with E-state index in [1.807, 2.05) is 42.5 Å². The Bertz CT molecular complexity index is 1290. The molecule has 1 N–H and O–H groups in total. The van der Waals surface area contributed by atoms with E-state index >= 15 is 0 Å². The number of nitrogens with zero attached hydrogens (tertiary/aromatic N) is 1. The zero-order valence-corrected chi connectivity index (χ0v) is 17.9. The van der Waals surface area contributed by atoms with Gasteiger partial charge in [0.2, 0.25) is 5.91 Å². The monoisotopic (exact) mass is 439 g/mol. The third-order valence-electron chi connectivity index (χ3n) is 4.98. The molecule has 0 aliphatic heterocycles. The number of thiophene rings is 1. The van der Waals surface area contributed by atoms with Crippen LogP contribution in [-0.2, 0) is 16.1 Å². The highest BCUT2D eigenvalue weighted by Gasteiger charge is 2.28. The van der Waals surface area contributed by atoms with Crippen LogP contribution in [0.3, 0.4) is 0 Å². The first kappa shape index (κ1) is 20.2. The molecule has 0 unspecified atom stereocenters. The Morgan fingerprint density at radius 3 is 2.53 bits per heavy atom. The summed E-state index contributed by atoms with van der Waals surface area (Å²) in [7, 11) is 1.29. The van der Waals surface area contributed by atoms with Crippen LogP contribution in [0.1, 0.15) is 22.8 Å². The normalized spacial score (nSPS) is 11.0. The summed E-state index contributed by atoms with van der Waals surface area (Å²) in [5.74, 6) is -0.876. The lowest BCUT2D eigenvalue weighted by molar-refractivity contribution is -0.116. The molecule has 0 aliphatic carbocycles. The van der Waals surface area contributed by atoms with Crippen molar-refractivity contribution in [2.45, 2.75) is 13.5 Å². The Balaban J connectivity index is 1.92. The third kappa shape index (κ3) is 3.38. The van der Waals surface area contributed by atoms with Gasteiger partial charge in [0, 0.05) is 12.3 Å². The summed E-state index contributed by atoms with van der Waals surface area (Å²) in [5.41, 5.74) is 1.21. The van der Waals surface area contributed by atoms with Gasteiger partial charge in [-0.1, -0.05) is 54.1 Å². The van der Waals surface area contributed by atoms with Crippen LogP contribution in [0.15, 0.2) is 54.6 Å². The summed E-state index contributed by atoms with van der Waals surface area (Å²) in [4.78, 5) is 26.9. The van der Waals surface area contributed by atoms with Crippen LogP contribution in [-0.4, -0.2) is 24.1 Å². The van der Waals surface area contributed by atoms with Gasteiger partial charge in [0.15, 0.2) is 0 Å². The number of anilines is 1. The molecule has 7 heteroatoms. The van der Waals surface area contributed by atoms with Crippen molar-refractivity contribution in [1.29, 1.82) is 0 Å². The molecule has 0 aliphatic rings. The fraction of sp³-hybridized carbons (Fsp3) is 0.130. The van der Waals surface area contributed by atoms with Gasteiger partial charge in [-0.15, -0.1) is 11.3 Å². The predicted octanol–water partition coefficient (Wildman–Crippen LogP) is 5.75. The lowest BCUT2D eigenvalue weighted by Crippen LogP contribution is -2.28. The minimum atomic E-state index is -0.567. The van der Waals surface area contributed by atoms with Gasteiger partial charge in [-0.3, -0.25) is 9.69 Å². The number of hydrogen-bond acceptors (Lipinski definition) is 5. The Morgan fingerprint density at radius 1 is 1.07 bits per heavy atom. The molecule has 4 rings (SSSR count). The number of aromatic hydroxyl groups is 1. The van der Waals surface area contributed by atoms with Crippen molar-refractivity contribution in [3.05, 3.63) is 70.7 Å². The number of halogens is 1. The van der Waals surface area contributed by atoms with E-state index in [9.17, 15) is 14.7 Å². The van der Waals surface area contributed by atoms with Gasteiger partial charge < -0.3 is 9.84 Å². The number of benzene rings is 3. The molecule has 1 amide bonds. The van der Waals surface area contributed by atoms with E-state index in [2.05, 4.69) is 0 Å². The molecule has 30 heavy (non-hydrogen) atoms. The van der Waals surface area contributed by atoms with Crippen LogP contribution in [0.4, 0.5) is 5.00 Å². The van der Waals surface area contributed by atoms with E-state index in [0.717, 1.165) is 16.3 Å². The first-order valence-electron chi connectivity index (χ1n) is 9.19. The second kappa shape index (κ2) is 7.97. The Morgan fingerprint density at radius 2 is 1.80 bits per heavy atom. The van der Waals surface area contributed by atoms with Crippen molar-refractivity contribution in [3.63, 3.8) is 0 Å². The zero-order chi connectivity index (χ0) is 21.4. The molecule has 3 aromatic carbocycles. The van der Waals surface area contributed by atoms with Crippen molar-refractivity contribution in [1.82, 2.24) is 0 Å². The van der Waals surface area contributed by atoms with Gasteiger partial charge in [0.1, 0.15) is 21.3 Å². The molecule has 0 atom stereocenters. The minimum absolute atomic E-state index is 0.0863. The van der Waals surface area contributed by atoms with Gasteiger partial charge in [0.05, 0.1) is 18.4 Å². The average molecular weight is 440 g/mol. The molecule has 0 saturated heterocycles. The quantitative estimate of drug-likeness (QED) is 0.411. The molecule has 0 radical (unpaired) electrons. The average Bonchev–Trinajstić information content (AvgIpc) is 3.13. The number of carbonyl (C=O) groups excluding carboxylic acids is 2. The van der Waals surface area contributed by atoms with Crippen LogP contribution >= 0.6 is 22.9 Å². The van der Waals surface area contributed by atoms with Crippen molar-refractivity contribution >= 4 is 60.7 Å². The molecule has 1 aromatic heterocycles. The maximum atomic E-state index is 12.7. The first-order chi connectivity index (χ1) is 14.4. The summed E-state index contributed by atoms with van der Waals surface area (Å²) in [6, 6.07) is 16.9. The summed E-state index contributed by atoms with van der Waals surface area (Å²) < 4.78 is 5.51. The smallest absolute Gasteiger partial charge is 0.341 e. The molecule has 0 spiro atoms. The highest BCUT2D eigenvalue weighted by atomic mass is 35.5. The number of fused-ring (bicyclic) bond motifs is 2. The van der Waals surface area contributed by atoms with Gasteiger partial charge in [-0.05, 0) is 28.5 Å². The topological polar surface area (TPSA) is 66.8 Å². The fourth-order valence-corrected chi connectivity index (χ4v) is 5.07. The summed E-state index contributed by atoms with van der Waals surface area (Å²) in [6.45, 7) is 1.73. The molecule has 152 valence electrons. The largest absolute Gasteiger partial charge is 0.506 e. The summed E-state index contributed by atoms with van der Waals surface area (Å²) in [6.07, 6.45) is 0. The van der Waals surface area contributed by atoms with Crippen molar-refractivity contribution in [2.75, 3.05) is 12.0 Å². The van der Waals surface area contributed by atoms with Crippen molar-refractivity contribution in [2.24, 2.45) is 0 Å². The number of ether oxygens (including phenoxy) is 1. The Kier molecular flexibility index (Phi) is 5.37. The van der Waals surface area contributed by atoms with E-state index in [0.29, 0.717) is 15.1 Å². The number of phenols is 1. The molecule has 0 fully saturated rings. The Labute approximate surface area is 182 Å². The van der Waals surface area contributed by atoms with E-state index in [1.54, 1.807) is 11.0 Å². The second-order valence-corrected chi connectivity index (χ2v) is 8.17. The number of phenolic OH excluding ortho intramolecular Hbond substituents is 1. The maximum Gasteiger partial charge on any atom is 0.341 e. The molecule has 1 heterocycles. The molecule has 0 saturated carbocycles. The van der Waals surface area contributed by atoms with Crippen molar-refractivity contribution in [3.8, 4) is 5.75 Å². The van der Waals surface area contributed by atoms with E-state index in [-0.39, 0.29) is 28.8 Å². The van der Waals surface area contributed by atoms with E-state index in [1.165, 1.54) is 31.4 Å². The van der Waals surface area contributed by atoms with Crippen molar-refractivity contribution < 1.29 is 19.4 Å². The first-order valence-corrected chi connectivity index (χ1v) is 10.4.